The van der Waals surface area contributed by atoms with Crippen LogP contribution in [0.25, 0.3) is 0 Å². The molecule has 0 bridgehead atoms. The molecular formula is C16H24BrClO. The van der Waals surface area contributed by atoms with Crippen LogP contribution in [-0.4, -0.2) is 5.11 Å². The lowest BCUT2D eigenvalue weighted by Gasteiger charge is -2.12. The highest BCUT2D eigenvalue weighted by molar-refractivity contribution is 9.10. The van der Waals surface area contributed by atoms with Crippen LogP contribution in [0.5, 0.6) is 0 Å². The van der Waals surface area contributed by atoms with Gasteiger partial charge in [-0.15, -0.1) is 0 Å². The first-order chi connectivity index (χ1) is 9.15. The van der Waals surface area contributed by atoms with E-state index in [-0.39, 0.29) is 0 Å². The number of aliphatic hydroxyl groups is 1. The van der Waals surface area contributed by atoms with E-state index in [1.807, 2.05) is 18.2 Å². The van der Waals surface area contributed by atoms with Crippen LogP contribution in [-0.2, 0) is 0 Å². The Kier molecular flexibility index (Phi) is 8.76. The van der Waals surface area contributed by atoms with Gasteiger partial charge in [0.05, 0.1) is 6.10 Å². The number of unbranched alkanes of at least 4 members (excludes halogenated alkanes) is 6. The summed E-state index contributed by atoms with van der Waals surface area (Å²) < 4.78 is 0.948. The molecule has 1 aromatic rings. The summed E-state index contributed by atoms with van der Waals surface area (Å²) in [5.41, 5.74) is 0.843. The zero-order valence-corrected chi connectivity index (χ0v) is 14.0. The van der Waals surface area contributed by atoms with Gasteiger partial charge in [-0.2, -0.15) is 0 Å². The lowest BCUT2D eigenvalue weighted by atomic mass is 10.0. The molecule has 1 N–H and O–H groups in total. The molecule has 1 rings (SSSR count). The Balaban J connectivity index is 2.22. The van der Waals surface area contributed by atoms with Gasteiger partial charge < -0.3 is 5.11 Å². The summed E-state index contributed by atoms with van der Waals surface area (Å²) >= 11 is 9.50. The number of halogens is 2. The van der Waals surface area contributed by atoms with Crippen LogP contribution >= 0.6 is 27.5 Å². The number of rotatable bonds is 9. The first-order valence-electron chi connectivity index (χ1n) is 7.28. The summed E-state index contributed by atoms with van der Waals surface area (Å²) in [5, 5.41) is 10.8. The van der Waals surface area contributed by atoms with Crippen LogP contribution in [0.4, 0.5) is 0 Å². The van der Waals surface area contributed by atoms with E-state index in [1.165, 1.54) is 38.5 Å². The summed E-state index contributed by atoms with van der Waals surface area (Å²) in [6.07, 6.45) is 9.22. The number of hydrogen-bond acceptors (Lipinski definition) is 1. The van der Waals surface area contributed by atoms with Crippen molar-refractivity contribution in [3.8, 4) is 0 Å². The van der Waals surface area contributed by atoms with Crippen LogP contribution < -0.4 is 0 Å². The maximum atomic E-state index is 10.1. The smallest absolute Gasteiger partial charge is 0.0804 e. The fourth-order valence-electron chi connectivity index (χ4n) is 2.22. The third-order valence-corrected chi connectivity index (χ3v) is 4.22. The summed E-state index contributed by atoms with van der Waals surface area (Å²) in [5.74, 6) is 0. The predicted octanol–water partition coefficient (Wildman–Crippen LogP) is 6.28. The van der Waals surface area contributed by atoms with E-state index in [0.717, 1.165) is 22.9 Å². The molecule has 1 aromatic carbocycles. The summed E-state index contributed by atoms with van der Waals surface area (Å²) in [6.45, 7) is 2.23. The molecule has 0 radical (unpaired) electrons. The molecule has 0 amide bonds. The van der Waals surface area contributed by atoms with E-state index >= 15 is 0 Å². The Morgan fingerprint density at radius 3 is 2.37 bits per heavy atom. The van der Waals surface area contributed by atoms with Crippen molar-refractivity contribution in [3.63, 3.8) is 0 Å². The Morgan fingerprint density at radius 1 is 1.11 bits per heavy atom. The van der Waals surface area contributed by atoms with Crippen LogP contribution in [0.3, 0.4) is 0 Å². The van der Waals surface area contributed by atoms with Gasteiger partial charge in [0.25, 0.3) is 0 Å². The summed E-state index contributed by atoms with van der Waals surface area (Å²) in [7, 11) is 0. The fourth-order valence-corrected chi connectivity index (χ4v) is 3.02. The van der Waals surface area contributed by atoms with Crippen molar-refractivity contribution in [1.29, 1.82) is 0 Å². The average molecular weight is 348 g/mol. The van der Waals surface area contributed by atoms with E-state index in [0.29, 0.717) is 5.02 Å². The first-order valence-corrected chi connectivity index (χ1v) is 8.45. The molecule has 1 nitrogen and oxygen atoms in total. The van der Waals surface area contributed by atoms with E-state index in [1.54, 1.807) is 0 Å². The molecule has 3 heteroatoms. The van der Waals surface area contributed by atoms with Crippen LogP contribution in [0.2, 0.25) is 5.02 Å². The fraction of sp³-hybridized carbons (Fsp3) is 0.625. The number of hydrogen-bond donors (Lipinski definition) is 1. The minimum Gasteiger partial charge on any atom is -0.388 e. The van der Waals surface area contributed by atoms with Gasteiger partial charge >= 0.3 is 0 Å². The Bertz CT molecular complexity index is 368. The van der Waals surface area contributed by atoms with E-state index in [4.69, 9.17) is 11.6 Å². The topological polar surface area (TPSA) is 20.2 Å². The van der Waals surface area contributed by atoms with Gasteiger partial charge in [0.1, 0.15) is 0 Å². The Labute approximate surface area is 130 Å². The molecule has 0 saturated heterocycles. The quantitative estimate of drug-likeness (QED) is 0.521. The van der Waals surface area contributed by atoms with Crippen molar-refractivity contribution in [3.05, 3.63) is 33.3 Å². The number of benzene rings is 1. The van der Waals surface area contributed by atoms with E-state index in [9.17, 15) is 5.11 Å². The van der Waals surface area contributed by atoms with E-state index in [2.05, 4.69) is 22.9 Å². The summed E-state index contributed by atoms with van der Waals surface area (Å²) in [4.78, 5) is 0. The molecule has 0 saturated carbocycles. The van der Waals surface area contributed by atoms with Gasteiger partial charge in [-0.3, -0.25) is 0 Å². The third-order valence-electron chi connectivity index (χ3n) is 3.40. The molecule has 19 heavy (non-hydrogen) atoms. The predicted molar refractivity (Wildman–Crippen MR) is 86.7 cm³/mol. The standard InChI is InChI=1S/C16H24BrClO/c1-2-3-4-5-6-7-8-9-16(19)14-11-10-13(17)12-15(14)18/h10-12,16,19H,2-9H2,1H3. The van der Waals surface area contributed by atoms with Gasteiger partial charge in [0.2, 0.25) is 0 Å². The van der Waals surface area contributed by atoms with Gasteiger partial charge in [-0.25, -0.2) is 0 Å². The second kappa shape index (κ2) is 9.79. The SMILES string of the molecule is CCCCCCCCCC(O)c1ccc(Br)cc1Cl. The molecule has 1 unspecified atom stereocenters. The van der Waals surface area contributed by atoms with Crippen molar-refractivity contribution in [1.82, 2.24) is 0 Å². The minimum absolute atomic E-state index is 0.434. The van der Waals surface area contributed by atoms with Gasteiger partial charge in [-0.1, -0.05) is 85.5 Å². The maximum Gasteiger partial charge on any atom is 0.0804 e. The highest BCUT2D eigenvalue weighted by Gasteiger charge is 2.11. The van der Waals surface area contributed by atoms with Gasteiger partial charge in [0, 0.05) is 9.50 Å². The normalized spacial score (nSPS) is 12.6. The van der Waals surface area contributed by atoms with Gasteiger partial charge in [0.15, 0.2) is 0 Å². The molecule has 0 aromatic heterocycles. The second-order valence-electron chi connectivity index (χ2n) is 5.09. The van der Waals surface area contributed by atoms with Crippen LogP contribution in [0.1, 0.15) is 70.0 Å². The number of aliphatic hydroxyl groups excluding tert-OH is 1. The monoisotopic (exact) mass is 346 g/mol. The molecule has 108 valence electrons. The molecular weight excluding hydrogens is 324 g/mol. The van der Waals surface area contributed by atoms with Crippen LogP contribution in [0, 0.1) is 0 Å². The van der Waals surface area contributed by atoms with Crippen molar-refractivity contribution >= 4 is 27.5 Å². The van der Waals surface area contributed by atoms with Crippen LogP contribution in [0.15, 0.2) is 22.7 Å². The highest BCUT2D eigenvalue weighted by atomic mass is 79.9. The Hall–Kier alpha value is -0.0500. The Morgan fingerprint density at radius 2 is 1.74 bits per heavy atom. The van der Waals surface area contributed by atoms with E-state index < -0.39 is 6.10 Å². The van der Waals surface area contributed by atoms with Crippen molar-refractivity contribution < 1.29 is 5.11 Å². The van der Waals surface area contributed by atoms with Crippen molar-refractivity contribution in [2.24, 2.45) is 0 Å². The lowest BCUT2D eigenvalue weighted by molar-refractivity contribution is 0.163. The first kappa shape index (κ1) is 17.0. The molecule has 1 atom stereocenters. The lowest BCUT2D eigenvalue weighted by Crippen LogP contribution is -1.98. The zero-order chi connectivity index (χ0) is 14.1. The van der Waals surface area contributed by atoms with Crippen molar-refractivity contribution in [2.45, 2.75) is 64.4 Å². The average Bonchev–Trinajstić information content (AvgIpc) is 2.37. The summed E-state index contributed by atoms with van der Waals surface area (Å²) in [6, 6.07) is 5.67. The zero-order valence-electron chi connectivity index (χ0n) is 11.7. The molecule has 0 aliphatic heterocycles. The highest BCUT2D eigenvalue weighted by Crippen LogP contribution is 2.29. The maximum absolute atomic E-state index is 10.1. The molecule has 0 fully saturated rings. The third kappa shape index (κ3) is 6.78. The van der Waals surface area contributed by atoms with Gasteiger partial charge in [-0.05, 0) is 24.1 Å². The largest absolute Gasteiger partial charge is 0.388 e. The second-order valence-corrected chi connectivity index (χ2v) is 6.41. The molecule has 0 heterocycles. The minimum atomic E-state index is -0.434. The molecule has 0 spiro atoms. The molecule has 0 aliphatic rings. The van der Waals surface area contributed by atoms with Crippen molar-refractivity contribution in [2.75, 3.05) is 0 Å². The molecule has 0 aliphatic carbocycles.